The second-order valence-electron chi connectivity index (χ2n) is 3.90. The van der Waals surface area contributed by atoms with Crippen molar-refractivity contribution in [3.8, 4) is 11.5 Å². The zero-order valence-electron chi connectivity index (χ0n) is 8.95. The van der Waals surface area contributed by atoms with Gasteiger partial charge in [-0.1, -0.05) is 5.16 Å². The topological polar surface area (TPSA) is 97.0 Å². The monoisotopic (exact) mass is 233 g/mol. The molecule has 3 rings (SSSR count). The van der Waals surface area contributed by atoms with Gasteiger partial charge in [-0.2, -0.15) is 4.98 Å². The van der Waals surface area contributed by atoms with Crippen LogP contribution in [0.2, 0.25) is 0 Å². The van der Waals surface area contributed by atoms with Crippen LogP contribution in [0.3, 0.4) is 0 Å². The fraction of sp³-hybridized carbons (Fsp3) is 0.400. The van der Waals surface area contributed by atoms with Crippen molar-refractivity contribution in [2.24, 2.45) is 0 Å². The Kier molecular flexibility index (Phi) is 2.54. The number of hydrogen-bond donors (Lipinski definition) is 2. The maximum Gasteiger partial charge on any atom is 0.244 e. The highest BCUT2D eigenvalue weighted by Gasteiger charge is 2.28. The Morgan fingerprint density at radius 1 is 1.41 bits per heavy atom. The molecule has 2 aromatic heterocycles. The Morgan fingerprint density at radius 3 is 3.06 bits per heavy atom. The van der Waals surface area contributed by atoms with Crippen LogP contribution in [0, 0.1) is 0 Å². The Balaban J connectivity index is 1.84. The van der Waals surface area contributed by atoms with Gasteiger partial charge in [0, 0.05) is 18.9 Å². The molecule has 2 N–H and O–H groups in total. The molecule has 1 fully saturated rings. The van der Waals surface area contributed by atoms with Crippen molar-refractivity contribution in [1.82, 2.24) is 25.4 Å². The summed E-state index contributed by atoms with van der Waals surface area (Å²) in [5, 5.41) is 16.4. The Labute approximate surface area is 96.9 Å². The van der Waals surface area contributed by atoms with Crippen LogP contribution in [0.15, 0.2) is 23.1 Å². The number of nitrogens with one attached hydrogen (secondary N) is 1. The molecule has 0 unspecified atom stereocenters. The van der Waals surface area contributed by atoms with Crippen molar-refractivity contribution >= 4 is 0 Å². The highest BCUT2D eigenvalue weighted by atomic mass is 16.5. The number of rotatable bonds is 2. The maximum atomic E-state index is 9.41. The van der Waals surface area contributed by atoms with E-state index in [0.29, 0.717) is 30.4 Å². The Bertz CT molecular complexity index is 500. The predicted molar refractivity (Wildman–Crippen MR) is 56.7 cm³/mol. The van der Waals surface area contributed by atoms with Gasteiger partial charge in [0.25, 0.3) is 0 Å². The molecular formula is C10H11N5O2. The van der Waals surface area contributed by atoms with E-state index < -0.39 is 0 Å². The lowest BCUT2D eigenvalue weighted by molar-refractivity contribution is 0.191. The van der Waals surface area contributed by atoms with Crippen LogP contribution >= 0.6 is 0 Å². The lowest BCUT2D eigenvalue weighted by Crippen LogP contribution is -2.15. The minimum atomic E-state index is -0.355. The van der Waals surface area contributed by atoms with Crippen LogP contribution in [0.25, 0.3) is 11.5 Å². The summed E-state index contributed by atoms with van der Waals surface area (Å²) in [4.78, 5) is 12.3. The molecule has 7 nitrogen and oxygen atoms in total. The number of β-amino-alcohol motifs (C(OH)–C–C–N with tert-alkyl or cyclic N) is 1. The third-order valence-electron chi connectivity index (χ3n) is 2.64. The van der Waals surface area contributed by atoms with Gasteiger partial charge in [-0.25, -0.2) is 4.98 Å². The van der Waals surface area contributed by atoms with E-state index in [-0.39, 0.29) is 12.1 Å². The first kappa shape index (κ1) is 10.3. The molecule has 0 aromatic carbocycles. The van der Waals surface area contributed by atoms with Crippen molar-refractivity contribution in [2.75, 3.05) is 6.54 Å². The average molecular weight is 233 g/mol. The summed E-state index contributed by atoms with van der Waals surface area (Å²) < 4.78 is 5.15. The Morgan fingerprint density at radius 2 is 2.35 bits per heavy atom. The van der Waals surface area contributed by atoms with E-state index in [4.69, 9.17) is 4.52 Å². The smallest absolute Gasteiger partial charge is 0.244 e. The van der Waals surface area contributed by atoms with Gasteiger partial charge in [0.2, 0.25) is 11.7 Å². The summed E-state index contributed by atoms with van der Waals surface area (Å²) in [6.45, 7) is 0.549. The zero-order chi connectivity index (χ0) is 11.7. The molecule has 88 valence electrons. The molecule has 0 aliphatic carbocycles. The second-order valence-corrected chi connectivity index (χ2v) is 3.90. The van der Waals surface area contributed by atoms with Gasteiger partial charge >= 0.3 is 0 Å². The summed E-state index contributed by atoms with van der Waals surface area (Å²) >= 11 is 0. The summed E-state index contributed by atoms with van der Waals surface area (Å²) in [6.07, 6.45) is 4.96. The first-order valence-electron chi connectivity index (χ1n) is 5.34. The highest BCUT2D eigenvalue weighted by molar-refractivity contribution is 5.45. The van der Waals surface area contributed by atoms with Gasteiger partial charge in [-0.15, -0.1) is 0 Å². The van der Waals surface area contributed by atoms with Crippen molar-refractivity contribution in [3.63, 3.8) is 0 Å². The molecule has 1 saturated heterocycles. The first-order valence-corrected chi connectivity index (χ1v) is 5.34. The summed E-state index contributed by atoms with van der Waals surface area (Å²) in [5.74, 6) is 0.887. The molecule has 1 aliphatic rings. The van der Waals surface area contributed by atoms with E-state index in [0.717, 1.165) is 0 Å². The van der Waals surface area contributed by atoms with Crippen molar-refractivity contribution < 1.29 is 9.63 Å². The minimum absolute atomic E-state index is 0.0806. The molecule has 17 heavy (non-hydrogen) atoms. The predicted octanol–water partition coefficient (Wildman–Crippen LogP) is -0.0781. The molecule has 7 heteroatoms. The van der Waals surface area contributed by atoms with E-state index in [2.05, 4.69) is 25.4 Å². The number of aliphatic hydroxyl groups excluding tert-OH is 1. The van der Waals surface area contributed by atoms with Gasteiger partial charge in [0.1, 0.15) is 5.69 Å². The SMILES string of the molecule is O[C@H]1CN[C@@H](c2nc(-c3cnccn3)no2)C1. The standard InChI is InChI=1S/C10H11N5O2/c16-6-3-7(13-4-6)10-14-9(15-17-10)8-5-11-1-2-12-8/h1-2,5-7,13,16H,3-4H2/t6-,7-/m1/s1. The third kappa shape index (κ3) is 2.02. The van der Waals surface area contributed by atoms with Gasteiger partial charge in [0.05, 0.1) is 18.3 Å². The van der Waals surface area contributed by atoms with Crippen molar-refractivity contribution in [1.29, 1.82) is 0 Å². The Hall–Kier alpha value is -1.86. The molecule has 2 aromatic rings. The lowest BCUT2D eigenvalue weighted by Gasteiger charge is -2.01. The summed E-state index contributed by atoms with van der Waals surface area (Å²) in [6, 6.07) is -0.0806. The fourth-order valence-electron chi connectivity index (χ4n) is 1.80. The van der Waals surface area contributed by atoms with Crippen LogP contribution in [-0.2, 0) is 0 Å². The van der Waals surface area contributed by atoms with E-state index in [9.17, 15) is 5.11 Å². The second kappa shape index (κ2) is 4.19. The van der Waals surface area contributed by atoms with E-state index >= 15 is 0 Å². The number of aromatic nitrogens is 4. The summed E-state index contributed by atoms with van der Waals surface area (Å²) in [5.41, 5.74) is 0.570. The lowest BCUT2D eigenvalue weighted by atomic mass is 10.2. The maximum absolute atomic E-state index is 9.41. The molecular weight excluding hydrogens is 222 g/mol. The minimum Gasteiger partial charge on any atom is -0.392 e. The van der Waals surface area contributed by atoms with Crippen LogP contribution in [0.1, 0.15) is 18.4 Å². The number of hydrogen-bond acceptors (Lipinski definition) is 7. The van der Waals surface area contributed by atoms with E-state index in [1.54, 1.807) is 18.6 Å². The normalized spacial score (nSPS) is 24.1. The van der Waals surface area contributed by atoms with Crippen molar-refractivity contribution in [3.05, 3.63) is 24.5 Å². The van der Waals surface area contributed by atoms with Crippen molar-refractivity contribution in [2.45, 2.75) is 18.6 Å². The molecule has 0 saturated carbocycles. The zero-order valence-corrected chi connectivity index (χ0v) is 8.95. The first-order chi connectivity index (χ1) is 8.33. The van der Waals surface area contributed by atoms with Gasteiger partial charge in [-0.05, 0) is 6.42 Å². The molecule has 3 heterocycles. The number of aliphatic hydroxyl groups is 1. The average Bonchev–Trinajstić information content (AvgIpc) is 2.98. The summed E-state index contributed by atoms with van der Waals surface area (Å²) in [7, 11) is 0. The molecule has 0 amide bonds. The molecule has 0 bridgehead atoms. The highest BCUT2D eigenvalue weighted by Crippen LogP contribution is 2.23. The third-order valence-corrected chi connectivity index (χ3v) is 2.64. The van der Waals surface area contributed by atoms with Gasteiger partial charge in [-0.3, -0.25) is 4.98 Å². The quantitative estimate of drug-likeness (QED) is 0.748. The van der Waals surface area contributed by atoms with E-state index in [1.165, 1.54) is 0 Å². The molecule has 0 radical (unpaired) electrons. The molecule has 1 aliphatic heterocycles. The fourth-order valence-corrected chi connectivity index (χ4v) is 1.80. The largest absolute Gasteiger partial charge is 0.392 e. The molecule has 0 spiro atoms. The van der Waals surface area contributed by atoms with E-state index in [1.807, 2.05) is 0 Å². The number of nitrogens with zero attached hydrogens (tertiary/aromatic N) is 4. The van der Waals surface area contributed by atoms with Crippen LogP contribution in [0.5, 0.6) is 0 Å². The van der Waals surface area contributed by atoms with Crippen LogP contribution in [0.4, 0.5) is 0 Å². The molecule has 2 atom stereocenters. The van der Waals surface area contributed by atoms with Gasteiger partial charge < -0.3 is 14.9 Å². The van der Waals surface area contributed by atoms with Crippen LogP contribution < -0.4 is 5.32 Å². The van der Waals surface area contributed by atoms with Gasteiger partial charge in [0.15, 0.2) is 0 Å². The van der Waals surface area contributed by atoms with Crippen LogP contribution in [-0.4, -0.2) is 37.9 Å².